The summed E-state index contributed by atoms with van der Waals surface area (Å²) in [5, 5.41) is 2.17. The normalized spacial score (nSPS) is 24.0. The van der Waals surface area contributed by atoms with E-state index in [-0.39, 0.29) is 0 Å². The molecule has 2 nitrogen and oxygen atoms in total. The van der Waals surface area contributed by atoms with Crippen LogP contribution in [0.4, 0.5) is 0 Å². The van der Waals surface area contributed by atoms with Crippen LogP contribution in [-0.4, -0.2) is 37.0 Å². The van der Waals surface area contributed by atoms with E-state index in [0.29, 0.717) is 0 Å². The van der Waals surface area contributed by atoms with Gasteiger partial charge in [0.05, 0.1) is 13.2 Å². The van der Waals surface area contributed by atoms with Crippen LogP contribution in [0.2, 0.25) is 0 Å². The highest BCUT2D eigenvalue weighted by molar-refractivity contribution is 8.02. The van der Waals surface area contributed by atoms with E-state index in [1.807, 2.05) is 11.8 Å². The lowest BCUT2D eigenvalue weighted by molar-refractivity contribution is 0.0553. The molecular formula is C9H13NOS. The van der Waals surface area contributed by atoms with Gasteiger partial charge in [0.15, 0.2) is 0 Å². The van der Waals surface area contributed by atoms with Gasteiger partial charge in [-0.1, -0.05) is 6.08 Å². The monoisotopic (exact) mass is 183 g/mol. The first-order valence-corrected chi connectivity index (χ1v) is 5.33. The third-order valence-electron chi connectivity index (χ3n) is 2.10. The molecular weight excluding hydrogens is 170 g/mol. The van der Waals surface area contributed by atoms with Crippen molar-refractivity contribution in [1.82, 2.24) is 4.90 Å². The molecule has 0 aliphatic carbocycles. The van der Waals surface area contributed by atoms with Gasteiger partial charge < -0.3 is 9.64 Å². The standard InChI is InChI=1S/C9H13NOS/c1-7-12-8-2-9(1)10-3-5-11-6-4-10/h1-2,7H,3-6,8H2. The maximum Gasteiger partial charge on any atom is 0.0642 e. The fourth-order valence-corrected chi connectivity index (χ4v) is 2.04. The third-order valence-corrected chi connectivity index (χ3v) is 2.79. The summed E-state index contributed by atoms with van der Waals surface area (Å²) in [6, 6.07) is 0. The summed E-state index contributed by atoms with van der Waals surface area (Å²) in [5.74, 6) is 1.11. The summed E-state index contributed by atoms with van der Waals surface area (Å²) in [7, 11) is 0. The van der Waals surface area contributed by atoms with Gasteiger partial charge in [0.2, 0.25) is 0 Å². The van der Waals surface area contributed by atoms with Crippen LogP contribution < -0.4 is 0 Å². The lowest BCUT2D eigenvalue weighted by atomic mass is 10.3. The summed E-state index contributed by atoms with van der Waals surface area (Å²) in [6.45, 7) is 3.83. The van der Waals surface area contributed by atoms with Gasteiger partial charge in [0.25, 0.3) is 0 Å². The van der Waals surface area contributed by atoms with Crippen LogP contribution in [0.25, 0.3) is 0 Å². The van der Waals surface area contributed by atoms with Gasteiger partial charge in [-0.2, -0.15) is 0 Å². The Balaban J connectivity index is 1.97. The summed E-state index contributed by atoms with van der Waals surface area (Å²) in [4.78, 5) is 2.39. The Kier molecular flexibility index (Phi) is 2.74. The zero-order chi connectivity index (χ0) is 8.23. The summed E-state index contributed by atoms with van der Waals surface area (Å²) >= 11 is 1.85. The van der Waals surface area contributed by atoms with Crippen molar-refractivity contribution in [3.63, 3.8) is 0 Å². The molecule has 1 fully saturated rings. The van der Waals surface area contributed by atoms with Gasteiger partial charge in [-0.3, -0.25) is 0 Å². The van der Waals surface area contributed by atoms with E-state index in [0.717, 1.165) is 32.1 Å². The number of nitrogens with zero attached hydrogens (tertiary/aromatic N) is 1. The Hall–Kier alpha value is -0.410. The van der Waals surface area contributed by atoms with Crippen molar-refractivity contribution in [2.45, 2.75) is 0 Å². The fraction of sp³-hybridized carbons (Fsp3) is 0.556. The Morgan fingerprint density at radius 3 is 2.83 bits per heavy atom. The second kappa shape index (κ2) is 4.01. The SMILES string of the molecule is C1=CC(N2CCOCC2)=CCS1. The lowest BCUT2D eigenvalue weighted by Crippen LogP contribution is -2.35. The van der Waals surface area contributed by atoms with Crippen molar-refractivity contribution in [3.05, 3.63) is 23.3 Å². The van der Waals surface area contributed by atoms with Gasteiger partial charge in [-0.15, -0.1) is 11.8 Å². The first kappa shape index (κ1) is 8.20. The molecule has 2 heterocycles. The molecule has 66 valence electrons. The highest BCUT2D eigenvalue weighted by Gasteiger charge is 2.12. The molecule has 0 N–H and O–H groups in total. The Morgan fingerprint density at radius 1 is 1.33 bits per heavy atom. The van der Waals surface area contributed by atoms with Gasteiger partial charge >= 0.3 is 0 Å². The molecule has 2 aliphatic heterocycles. The second-order valence-electron chi connectivity index (χ2n) is 2.86. The van der Waals surface area contributed by atoms with Crippen LogP contribution in [-0.2, 0) is 4.74 Å². The van der Waals surface area contributed by atoms with E-state index in [9.17, 15) is 0 Å². The Morgan fingerprint density at radius 2 is 2.17 bits per heavy atom. The van der Waals surface area contributed by atoms with Crippen molar-refractivity contribution in [3.8, 4) is 0 Å². The zero-order valence-corrected chi connectivity index (χ0v) is 7.85. The van der Waals surface area contributed by atoms with E-state index >= 15 is 0 Å². The number of rotatable bonds is 1. The van der Waals surface area contributed by atoms with E-state index in [1.54, 1.807) is 0 Å². The molecule has 3 heteroatoms. The molecule has 0 radical (unpaired) electrons. The molecule has 0 aromatic rings. The smallest absolute Gasteiger partial charge is 0.0642 e. The zero-order valence-electron chi connectivity index (χ0n) is 7.03. The molecule has 1 saturated heterocycles. The molecule has 0 amide bonds. The van der Waals surface area contributed by atoms with Gasteiger partial charge in [0, 0.05) is 24.5 Å². The number of hydrogen-bond donors (Lipinski definition) is 0. The minimum absolute atomic E-state index is 0.873. The first-order chi connectivity index (χ1) is 5.97. The third kappa shape index (κ3) is 1.84. The number of morpholine rings is 1. The molecule has 2 rings (SSSR count). The number of ether oxygens (including phenoxy) is 1. The molecule has 2 aliphatic rings. The van der Waals surface area contributed by atoms with E-state index in [4.69, 9.17) is 4.74 Å². The maximum absolute atomic E-state index is 5.29. The van der Waals surface area contributed by atoms with Crippen molar-refractivity contribution >= 4 is 11.8 Å². The average molecular weight is 183 g/mol. The predicted molar refractivity (Wildman–Crippen MR) is 52.1 cm³/mol. The maximum atomic E-state index is 5.29. The molecule has 0 aromatic heterocycles. The van der Waals surface area contributed by atoms with Crippen molar-refractivity contribution in [2.24, 2.45) is 0 Å². The van der Waals surface area contributed by atoms with Crippen molar-refractivity contribution in [1.29, 1.82) is 0 Å². The molecule has 12 heavy (non-hydrogen) atoms. The summed E-state index contributed by atoms with van der Waals surface area (Å²) < 4.78 is 5.29. The Labute approximate surface area is 77.3 Å². The number of allylic oxidation sites excluding steroid dienone is 1. The second-order valence-corrected chi connectivity index (χ2v) is 3.80. The van der Waals surface area contributed by atoms with Gasteiger partial charge in [-0.05, 0) is 11.5 Å². The summed E-state index contributed by atoms with van der Waals surface area (Å²) in [5.41, 5.74) is 1.37. The topological polar surface area (TPSA) is 12.5 Å². The highest BCUT2D eigenvalue weighted by Crippen LogP contribution is 2.17. The van der Waals surface area contributed by atoms with Crippen molar-refractivity contribution in [2.75, 3.05) is 32.1 Å². The number of hydrogen-bond acceptors (Lipinski definition) is 3. The van der Waals surface area contributed by atoms with Crippen LogP contribution in [0, 0.1) is 0 Å². The molecule has 0 bridgehead atoms. The van der Waals surface area contributed by atoms with Crippen LogP contribution in [0.1, 0.15) is 0 Å². The molecule has 0 saturated carbocycles. The largest absolute Gasteiger partial charge is 0.378 e. The minimum Gasteiger partial charge on any atom is -0.378 e. The molecule has 0 atom stereocenters. The number of thioether (sulfide) groups is 1. The fourth-order valence-electron chi connectivity index (χ4n) is 1.43. The van der Waals surface area contributed by atoms with Crippen molar-refractivity contribution < 1.29 is 4.74 Å². The molecule has 0 aromatic carbocycles. The van der Waals surface area contributed by atoms with Crippen LogP contribution in [0.3, 0.4) is 0 Å². The van der Waals surface area contributed by atoms with E-state index < -0.39 is 0 Å². The Bertz CT molecular complexity index is 207. The molecule has 0 unspecified atom stereocenters. The van der Waals surface area contributed by atoms with E-state index in [2.05, 4.69) is 22.5 Å². The van der Waals surface area contributed by atoms with Crippen LogP contribution >= 0.6 is 11.8 Å². The lowest BCUT2D eigenvalue weighted by Gasteiger charge is -2.30. The average Bonchev–Trinajstić information content (AvgIpc) is 2.21. The van der Waals surface area contributed by atoms with Gasteiger partial charge in [-0.25, -0.2) is 0 Å². The quantitative estimate of drug-likeness (QED) is 0.610. The highest BCUT2D eigenvalue weighted by atomic mass is 32.2. The molecule has 0 spiro atoms. The van der Waals surface area contributed by atoms with Crippen LogP contribution in [0.15, 0.2) is 23.3 Å². The predicted octanol–water partition coefficient (Wildman–Crippen LogP) is 1.46. The minimum atomic E-state index is 0.873. The first-order valence-electron chi connectivity index (χ1n) is 4.28. The van der Waals surface area contributed by atoms with Crippen LogP contribution in [0.5, 0.6) is 0 Å². The van der Waals surface area contributed by atoms with Gasteiger partial charge in [0.1, 0.15) is 0 Å². The summed E-state index contributed by atoms with van der Waals surface area (Å²) in [6.07, 6.45) is 4.48. The van der Waals surface area contributed by atoms with E-state index in [1.165, 1.54) is 5.70 Å².